The molecule has 9 nitrogen and oxygen atoms in total. The van der Waals surface area contributed by atoms with Gasteiger partial charge in [-0.25, -0.2) is 14.4 Å². The number of nitrogens with zero attached hydrogens (tertiary/aromatic N) is 4. The number of carboxylic acid groups (broad SMARTS) is 1. The molecule has 4 aromatic rings. The molecule has 0 radical (unpaired) electrons. The molecule has 37 heavy (non-hydrogen) atoms. The third-order valence-electron chi connectivity index (χ3n) is 6.14. The number of carboxylic acids is 1. The van der Waals surface area contributed by atoms with E-state index >= 15 is 0 Å². The quantitative estimate of drug-likeness (QED) is 0.303. The Balaban J connectivity index is 1.65. The molecule has 1 saturated carbocycles. The van der Waals surface area contributed by atoms with Crippen LogP contribution in [0.15, 0.2) is 42.7 Å². The first-order chi connectivity index (χ1) is 17.8. The maximum atomic E-state index is 14.2. The summed E-state index contributed by atoms with van der Waals surface area (Å²) in [5, 5.41) is 9.19. The molecule has 2 aromatic carbocycles. The lowest BCUT2D eigenvalue weighted by Gasteiger charge is -2.14. The number of hydrogen-bond acceptors (Lipinski definition) is 7. The second-order valence-corrected chi connectivity index (χ2v) is 9.37. The highest BCUT2D eigenvalue weighted by Gasteiger charge is 2.41. The average Bonchev–Trinajstić information content (AvgIpc) is 3.48. The molecule has 1 fully saturated rings. The van der Waals surface area contributed by atoms with Crippen molar-refractivity contribution in [1.82, 2.24) is 19.5 Å². The van der Waals surface area contributed by atoms with E-state index in [1.807, 2.05) is 6.92 Å². The standard InChI is InChI=1S/C26H24ClFN4O5/c1-26(9-10-26)37-25-22-24(29-14-30-25)32(13-15-12-16(28)6-7-18(15)35-2)23(31-22)17-4-3-5-19(21(17)27)36-11-8-20(33)34/h3-7,12,14H,8-11,13H2,1-2H3,(H,33,34). The van der Waals surface area contributed by atoms with Crippen molar-refractivity contribution in [3.63, 3.8) is 0 Å². The van der Waals surface area contributed by atoms with Crippen LogP contribution in [0.4, 0.5) is 4.39 Å². The number of hydrogen-bond donors (Lipinski definition) is 1. The number of aromatic nitrogens is 4. The van der Waals surface area contributed by atoms with Crippen LogP contribution < -0.4 is 14.2 Å². The van der Waals surface area contributed by atoms with Crippen molar-refractivity contribution in [3.8, 4) is 28.8 Å². The highest BCUT2D eigenvalue weighted by Crippen LogP contribution is 2.42. The van der Waals surface area contributed by atoms with Crippen molar-refractivity contribution < 1.29 is 28.5 Å². The predicted molar refractivity (Wildman–Crippen MR) is 134 cm³/mol. The molecule has 0 spiro atoms. The SMILES string of the molecule is COc1ccc(F)cc1Cn1c(-c2cccc(OCCC(=O)O)c2Cl)nc2c(OC3(C)CC3)ncnc21. The number of fused-ring (bicyclic) bond motifs is 1. The van der Waals surface area contributed by atoms with Gasteiger partial charge in [0.05, 0.1) is 31.7 Å². The van der Waals surface area contributed by atoms with E-state index in [0.29, 0.717) is 45.5 Å². The predicted octanol–water partition coefficient (Wildman–Crippen LogP) is 5.13. The average molecular weight is 527 g/mol. The highest BCUT2D eigenvalue weighted by atomic mass is 35.5. The zero-order valence-electron chi connectivity index (χ0n) is 20.2. The van der Waals surface area contributed by atoms with Crippen LogP contribution in [0.1, 0.15) is 31.7 Å². The van der Waals surface area contributed by atoms with E-state index in [4.69, 9.17) is 35.9 Å². The molecule has 0 unspecified atom stereocenters. The van der Waals surface area contributed by atoms with Crippen molar-refractivity contribution in [2.45, 2.75) is 38.3 Å². The zero-order chi connectivity index (χ0) is 26.2. The summed E-state index contributed by atoms with van der Waals surface area (Å²) >= 11 is 6.72. The topological polar surface area (TPSA) is 109 Å². The van der Waals surface area contributed by atoms with E-state index in [1.165, 1.54) is 25.6 Å². The molecule has 0 saturated heterocycles. The lowest BCUT2D eigenvalue weighted by Crippen LogP contribution is -2.13. The first-order valence-corrected chi connectivity index (χ1v) is 12.0. The summed E-state index contributed by atoms with van der Waals surface area (Å²) in [4.78, 5) is 24.5. The minimum Gasteiger partial charge on any atom is -0.496 e. The van der Waals surface area contributed by atoms with Gasteiger partial charge in [-0.1, -0.05) is 17.7 Å². The van der Waals surface area contributed by atoms with Crippen LogP contribution in [0.25, 0.3) is 22.6 Å². The lowest BCUT2D eigenvalue weighted by atomic mass is 10.1. The third kappa shape index (κ3) is 5.15. The second kappa shape index (κ2) is 9.85. The number of benzene rings is 2. The van der Waals surface area contributed by atoms with E-state index in [9.17, 15) is 9.18 Å². The first-order valence-electron chi connectivity index (χ1n) is 11.6. The molecule has 0 amide bonds. The Labute approximate surface area is 216 Å². The van der Waals surface area contributed by atoms with Gasteiger partial charge in [0.1, 0.15) is 35.1 Å². The molecule has 2 aromatic heterocycles. The molecule has 0 atom stereocenters. The summed E-state index contributed by atoms with van der Waals surface area (Å²) in [6, 6.07) is 9.43. The maximum Gasteiger partial charge on any atom is 0.306 e. The third-order valence-corrected chi connectivity index (χ3v) is 6.53. The Hall–Kier alpha value is -3.92. The van der Waals surface area contributed by atoms with Gasteiger partial charge in [-0.05, 0) is 50.1 Å². The Morgan fingerprint density at radius 3 is 2.76 bits per heavy atom. The van der Waals surface area contributed by atoms with E-state index in [-0.39, 0.29) is 30.2 Å². The summed E-state index contributed by atoms with van der Waals surface area (Å²) in [7, 11) is 1.52. The van der Waals surface area contributed by atoms with E-state index in [2.05, 4.69) is 9.97 Å². The number of ether oxygens (including phenoxy) is 3. The summed E-state index contributed by atoms with van der Waals surface area (Å²) in [6.45, 7) is 2.13. The fraction of sp³-hybridized carbons (Fsp3) is 0.308. The molecular weight excluding hydrogens is 503 g/mol. The minimum absolute atomic E-state index is 0.0442. The van der Waals surface area contributed by atoms with Gasteiger partial charge in [0.2, 0.25) is 5.88 Å². The van der Waals surface area contributed by atoms with Crippen LogP contribution in [0, 0.1) is 5.82 Å². The number of aliphatic carboxylic acids is 1. The van der Waals surface area contributed by atoms with Crippen LogP contribution in [-0.2, 0) is 11.3 Å². The van der Waals surface area contributed by atoms with Crippen molar-refractivity contribution in [1.29, 1.82) is 0 Å². The molecule has 2 heterocycles. The summed E-state index contributed by atoms with van der Waals surface area (Å²) < 4.78 is 33.2. The Morgan fingerprint density at radius 1 is 1.22 bits per heavy atom. The van der Waals surface area contributed by atoms with Crippen molar-refractivity contribution in [2.24, 2.45) is 0 Å². The normalized spacial score (nSPS) is 13.9. The van der Waals surface area contributed by atoms with Gasteiger partial charge >= 0.3 is 5.97 Å². The number of imidazole rings is 1. The number of methoxy groups -OCH3 is 1. The molecule has 192 valence electrons. The van der Waals surface area contributed by atoms with Crippen LogP contribution >= 0.6 is 11.6 Å². The molecule has 1 aliphatic rings. The van der Waals surface area contributed by atoms with E-state index in [1.54, 1.807) is 28.8 Å². The lowest BCUT2D eigenvalue weighted by molar-refractivity contribution is -0.137. The highest BCUT2D eigenvalue weighted by molar-refractivity contribution is 6.34. The van der Waals surface area contributed by atoms with Crippen LogP contribution in [0.5, 0.6) is 17.4 Å². The summed E-state index contributed by atoms with van der Waals surface area (Å²) in [6.07, 6.45) is 3.05. The first kappa shape index (κ1) is 24.8. The fourth-order valence-corrected chi connectivity index (χ4v) is 4.21. The number of carbonyl (C=O) groups is 1. The second-order valence-electron chi connectivity index (χ2n) is 8.99. The molecule has 0 aliphatic heterocycles. The Morgan fingerprint density at radius 2 is 2.03 bits per heavy atom. The molecule has 1 N–H and O–H groups in total. The van der Waals surface area contributed by atoms with E-state index < -0.39 is 11.8 Å². The maximum absolute atomic E-state index is 14.2. The van der Waals surface area contributed by atoms with Crippen molar-refractivity contribution in [3.05, 3.63) is 59.1 Å². The van der Waals surface area contributed by atoms with Crippen LogP contribution in [-0.4, -0.2) is 49.9 Å². The fourth-order valence-electron chi connectivity index (χ4n) is 3.94. The van der Waals surface area contributed by atoms with Gasteiger partial charge in [0, 0.05) is 11.1 Å². The molecule has 0 bridgehead atoms. The Kier molecular flexibility index (Phi) is 6.59. The van der Waals surface area contributed by atoms with Gasteiger partial charge in [0.25, 0.3) is 0 Å². The Bertz CT molecular complexity index is 1490. The summed E-state index contributed by atoms with van der Waals surface area (Å²) in [5.41, 5.74) is 1.71. The monoisotopic (exact) mass is 526 g/mol. The number of rotatable bonds is 10. The molecule has 5 rings (SSSR count). The van der Waals surface area contributed by atoms with Gasteiger partial charge in [-0.2, -0.15) is 4.98 Å². The van der Waals surface area contributed by atoms with Crippen molar-refractivity contribution >= 4 is 28.7 Å². The van der Waals surface area contributed by atoms with E-state index in [0.717, 1.165) is 12.8 Å². The summed E-state index contributed by atoms with van der Waals surface area (Å²) in [5.74, 6) is 0.211. The van der Waals surface area contributed by atoms with Gasteiger partial charge < -0.3 is 23.9 Å². The molecule has 1 aliphatic carbocycles. The molecule has 11 heteroatoms. The largest absolute Gasteiger partial charge is 0.496 e. The van der Waals surface area contributed by atoms with Gasteiger partial charge in [-0.3, -0.25) is 4.79 Å². The van der Waals surface area contributed by atoms with Crippen LogP contribution in [0.3, 0.4) is 0 Å². The zero-order valence-corrected chi connectivity index (χ0v) is 21.0. The molecular formula is C26H24ClFN4O5. The van der Waals surface area contributed by atoms with Gasteiger partial charge in [0.15, 0.2) is 11.2 Å². The van der Waals surface area contributed by atoms with Gasteiger partial charge in [-0.15, -0.1) is 0 Å². The number of halogens is 2. The van der Waals surface area contributed by atoms with Crippen LogP contribution in [0.2, 0.25) is 5.02 Å². The van der Waals surface area contributed by atoms with Crippen molar-refractivity contribution in [2.75, 3.05) is 13.7 Å². The minimum atomic E-state index is -0.978. The smallest absolute Gasteiger partial charge is 0.306 e.